The maximum atomic E-state index is 11.2. The average molecular weight is 236 g/mol. The Bertz CT molecular complexity index is 273. The lowest BCUT2D eigenvalue weighted by Gasteiger charge is -2.13. The lowest BCUT2D eigenvalue weighted by molar-refractivity contribution is 0.116. The highest BCUT2D eigenvalue weighted by Gasteiger charge is 2.29. The van der Waals surface area contributed by atoms with Crippen LogP contribution in [-0.4, -0.2) is 44.9 Å². The van der Waals surface area contributed by atoms with Gasteiger partial charge >= 0.3 is 0 Å². The maximum absolute atomic E-state index is 11.2. The molecule has 0 aliphatic carbocycles. The van der Waals surface area contributed by atoms with Crippen molar-refractivity contribution in [3.63, 3.8) is 0 Å². The van der Waals surface area contributed by atoms with Gasteiger partial charge in [-0.05, 0) is 31.6 Å². The predicted molar refractivity (Wildman–Crippen MR) is 58.5 cm³/mol. The quantitative estimate of drug-likeness (QED) is 0.686. The van der Waals surface area contributed by atoms with Crippen molar-refractivity contribution < 1.29 is 18.3 Å². The second-order valence-electron chi connectivity index (χ2n) is 4.29. The van der Waals surface area contributed by atoms with E-state index in [1.165, 1.54) is 0 Å². The summed E-state index contributed by atoms with van der Waals surface area (Å²) in [6, 6.07) is 0. The van der Waals surface area contributed by atoms with E-state index in [0.29, 0.717) is 31.6 Å². The van der Waals surface area contributed by atoms with Crippen LogP contribution in [0.1, 0.15) is 25.7 Å². The highest BCUT2D eigenvalue weighted by Crippen LogP contribution is 2.23. The smallest absolute Gasteiger partial charge is 0.150 e. The van der Waals surface area contributed by atoms with E-state index < -0.39 is 9.84 Å². The van der Waals surface area contributed by atoms with Crippen LogP contribution in [0.4, 0.5) is 0 Å². The zero-order valence-electron chi connectivity index (χ0n) is 9.18. The fourth-order valence-corrected chi connectivity index (χ4v) is 3.90. The molecule has 0 amide bonds. The topological polar surface area (TPSA) is 63.6 Å². The van der Waals surface area contributed by atoms with E-state index in [4.69, 9.17) is 4.74 Å². The number of rotatable bonds is 6. The second-order valence-corrected chi connectivity index (χ2v) is 6.52. The Morgan fingerprint density at radius 1 is 1.53 bits per heavy atom. The van der Waals surface area contributed by atoms with Gasteiger partial charge in [0.05, 0.1) is 17.6 Å². The molecular weight excluding hydrogens is 216 g/mol. The largest absolute Gasteiger partial charge is 0.393 e. The van der Waals surface area contributed by atoms with Crippen molar-refractivity contribution in [3.05, 3.63) is 0 Å². The van der Waals surface area contributed by atoms with Crippen LogP contribution >= 0.6 is 0 Å². The van der Waals surface area contributed by atoms with Gasteiger partial charge in [0.1, 0.15) is 0 Å². The molecule has 4 nitrogen and oxygen atoms in total. The summed E-state index contributed by atoms with van der Waals surface area (Å²) in [6.07, 6.45) is 2.48. The van der Waals surface area contributed by atoms with E-state index in [0.717, 1.165) is 6.42 Å². The van der Waals surface area contributed by atoms with E-state index in [-0.39, 0.29) is 17.8 Å². The number of sulfone groups is 1. The molecule has 0 aromatic carbocycles. The Morgan fingerprint density at radius 2 is 2.27 bits per heavy atom. The van der Waals surface area contributed by atoms with Crippen LogP contribution in [0.3, 0.4) is 0 Å². The molecule has 1 heterocycles. The highest BCUT2D eigenvalue weighted by atomic mass is 32.2. The Balaban J connectivity index is 2.19. The SMILES string of the molecule is COCCCC(O)CC1CCS(=O)(=O)C1. The molecule has 5 heteroatoms. The second kappa shape index (κ2) is 5.82. The summed E-state index contributed by atoms with van der Waals surface area (Å²) in [6.45, 7) is 0.653. The standard InChI is InChI=1S/C10H20O4S/c1-14-5-2-3-10(11)7-9-4-6-15(12,13)8-9/h9-11H,2-8H2,1H3. The Morgan fingerprint density at radius 3 is 2.80 bits per heavy atom. The van der Waals surface area contributed by atoms with Gasteiger partial charge in [0.25, 0.3) is 0 Å². The molecule has 0 bridgehead atoms. The molecule has 1 aliphatic heterocycles. The van der Waals surface area contributed by atoms with Gasteiger partial charge in [0.2, 0.25) is 0 Å². The minimum Gasteiger partial charge on any atom is -0.393 e. The summed E-state index contributed by atoms with van der Waals surface area (Å²) in [4.78, 5) is 0. The zero-order valence-corrected chi connectivity index (χ0v) is 10.0. The molecular formula is C10H20O4S. The molecule has 90 valence electrons. The van der Waals surface area contributed by atoms with Crippen molar-refractivity contribution in [1.29, 1.82) is 0 Å². The molecule has 1 fully saturated rings. The molecule has 0 saturated carbocycles. The Hall–Kier alpha value is -0.130. The fraction of sp³-hybridized carbons (Fsp3) is 1.00. The van der Waals surface area contributed by atoms with Crippen molar-refractivity contribution >= 4 is 9.84 Å². The molecule has 2 unspecified atom stereocenters. The molecule has 1 rings (SSSR count). The van der Waals surface area contributed by atoms with Crippen LogP contribution in [0, 0.1) is 5.92 Å². The maximum Gasteiger partial charge on any atom is 0.150 e. The van der Waals surface area contributed by atoms with Gasteiger partial charge < -0.3 is 9.84 Å². The molecule has 0 aromatic rings. The summed E-state index contributed by atoms with van der Waals surface area (Å²) in [5.41, 5.74) is 0. The summed E-state index contributed by atoms with van der Waals surface area (Å²) in [7, 11) is -1.17. The van der Waals surface area contributed by atoms with Gasteiger partial charge in [-0.15, -0.1) is 0 Å². The predicted octanol–water partition coefficient (Wildman–Crippen LogP) is 0.599. The molecule has 1 aliphatic rings. The molecule has 15 heavy (non-hydrogen) atoms. The van der Waals surface area contributed by atoms with Gasteiger partial charge in [0, 0.05) is 13.7 Å². The first-order chi connectivity index (χ1) is 7.03. The van der Waals surface area contributed by atoms with Gasteiger partial charge in [-0.25, -0.2) is 8.42 Å². The van der Waals surface area contributed by atoms with Crippen molar-refractivity contribution in [2.45, 2.75) is 31.8 Å². The van der Waals surface area contributed by atoms with Crippen molar-refractivity contribution in [1.82, 2.24) is 0 Å². The number of ether oxygens (including phenoxy) is 1. The van der Waals surface area contributed by atoms with E-state index in [1.54, 1.807) is 7.11 Å². The third kappa shape index (κ3) is 4.95. The first-order valence-electron chi connectivity index (χ1n) is 5.41. The summed E-state index contributed by atoms with van der Waals surface area (Å²) < 4.78 is 27.3. The van der Waals surface area contributed by atoms with Gasteiger partial charge in [-0.1, -0.05) is 0 Å². The van der Waals surface area contributed by atoms with E-state index in [9.17, 15) is 13.5 Å². The minimum absolute atomic E-state index is 0.160. The Kier molecular flexibility index (Phi) is 5.02. The van der Waals surface area contributed by atoms with Crippen molar-refractivity contribution in [3.8, 4) is 0 Å². The van der Waals surface area contributed by atoms with Gasteiger partial charge in [0.15, 0.2) is 9.84 Å². The van der Waals surface area contributed by atoms with Crippen LogP contribution in [0.2, 0.25) is 0 Å². The Labute approximate surface area is 91.6 Å². The van der Waals surface area contributed by atoms with Gasteiger partial charge in [-0.2, -0.15) is 0 Å². The third-order valence-corrected chi connectivity index (χ3v) is 4.65. The number of hydrogen-bond acceptors (Lipinski definition) is 4. The van der Waals surface area contributed by atoms with E-state index >= 15 is 0 Å². The van der Waals surface area contributed by atoms with Crippen LogP contribution in [0.5, 0.6) is 0 Å². The lowest BCUT2D eigenvalue weighted by Crippen LogP contribution is -2.15. The van der Waals surface area contributed by atoms with Crippen LogP contribution in [0.15, 0.2) is 0 Å². The van der Waals surface area contributed by atoms with Crippen LogP contribution in [0.25, 0.3) is 0 Å². The van der Waals surface area contributed by atoms with Crippen molar-refractivity contribution in [2.24, 2.45) is 5.92 Å². The summed E-state index contributed by atoms with van der Waals surface area (Å²) in [5.74, 6) is 0.712. The average Bonchev–Trinajstić information content (AvgIpc) is 2.46. The van der Waals surface area contributed by atoms with Crippen LogP contribution < -0.4 is 0 Å². The minimum atomic E-state index is -2.80. The molecule has 1 saturated heterocycles. The van der Waals surface area contributed by atoms with Crippen molar-refractivity contribution in [2.75, 3.05) is 25.2 Å². The van der Waals surface area contributed by atoms with Crippen LogP contribution in [-0.2, 0) is 14.6 Å². The molecule has 2 atom stereocenters. The number of aliphatic hydroxyl groups is 1. The number of hydrogen-bond donors (Lipinski definition) is 1. The first-order valence-corrected chi connectivity index (χ1v) is 7.23. The lowest BCUT2D eigenvalue weighted by atomic mass is 9.99. The monoisotopic (exact) mass is 236 g/mol. The normalized spacial score (nSPS) is 26.7. The van der Waals surface area contributed by atoms with Gasteiger partial charge in [-0.3, -0.25) is 0 Å². The number of methoxy groups -OCH3 is 1. The summed E-state index contributed by atoms with van der Waals surface area (Å²) >= 11 is 0. The van der Waals surface area contributed by atoms with E-state index in [2.05, 4.69) is 0 Å². The molecule has 0 aromatic heterocycles. The first kappa shape index (κ1) is 12.9. The molecule has 1 N–H and O–H groups in total. The molecule has 0 radical (unpaired) electrons. The highest BCUT2D eigenvalue weighted by molar-refractivity contribution is 7.91. The number of aliphatic hydroxyl groups excluding tert-OH is 1. The van der Waals surface area contributed by atoms with E-state index in [1.807, 2.05) is 0 Å². The summed E-state index contributed by atoms with van der Waals surface area (Å²) in [5, 5.41) is 9.66. The fourth-order valence-electron chi connectivity index (χ4n) is 2.02. The zero-order chi connectivity index (χ0) is 11.3. The third-order valence-electron chi connectivity index (χ3n) is 2.82. The molecule has 0 spiro atoms.